The smallest absolute Gasteiger partial charge is 0.365 e. The number of carbonyl (C=O) groups is 1. The van der Waals surface area contributed by atoms with E-state index in [0.29, 0.717) is 17.1 Å². The van der Waals surface area contributed by atoms with Gasteiger partial charge in [0.25, 0.3) is 0 Å². The van der Waals surface area contributed by atoms with E-state index in [0.717, 1.165) is 15.8 Å². The molecule has 0 fully saturated rings. The average molecular weight is 350 g/mol. The predicted molar refractivity (Wildman–Crippen MR) is 98.1 cm³/mol. The van der Waals surface area contributed by atoms with E-state index in [1.807, 2.05) is 31.2 Å². The number of nitrogens with zero attached hydrogens (tertiary/aromatic N) is 3. The number of para-hydroxylation sites is 2. The molecule has 0 aliphatic carbocycles. The Hall–Kier alpha value is -3.48. The van der Waals surface area contributed by atoms with Gasteiger partial charge in [0.2, 0.25) is 5.91 Å². The molecule has 1 N–H and O–H groups in total. The van der Waals surface area contributed by atoms with E-state index in [2.05, 4.69) is 15.4 Å². The van der Waals surface area contributed by atoms with Gasteiger partial charge in [0.1, 0.15) is 12.3 Å². The Morgan fingerprint density at radius 2 is 1.88 bits per heavy atom. The lowest BCUT2D eigenvalue weighted by Gasteiger charge is -2.10. The first-order valence-corrected chi connectivity index (χ1v) is 8.01. The normalized spacial score (nSPS) is 10.4. The van der Waals surface area contributed by atoms with Gasteiger partial charge in [-0.25, -0.2) is 9.48 Å². The van der Waals surface area contributed by atoms with Gasteiger partial charge >= 0.3 is 5.69 Å². The van der Waals surface area contributed by atoms with Gasteiger partial charge in [-0.3, -0.25) is 4.79 Å². The average Bonchev–Trinajstić information content (AvgIpc) is 2.64. The van der Waals surface area contributed by atoms with Crippen LogP contribution in [-0.2, 0) is 11.3 Å². The van der Waals surface area contributed by atoms with Crippen LogP contribution in [0.25, 0.3) is 11.3 Å². The third-order valence-electron chi connectivity index (χ3n) is 3.78. The highest BCUT2D eigenvalue weighted by molar-refractivity contribution is 5.92. The monoisotopic (exact) mass is 350 g/mol. The Morgan fingerprint density at radius 1 is 1.15 bits per heavy atom. The molecule has 0 bridgehead atoms. The number of nitrogens with one attached hydrogen (secondary N) is 1. The number of rotatable bonds is 5. The van der Waals surface area contributed by atoms with Gasteiger partial charge in [-0.1, -0.05) is 42.0 Å². The molecular weight excluding hydrogens is 332 g/mol. The zero-order chi connectivity index (χ0) is 18.5. The molecule has 0 saturated carbocycles. The third kappa shape index (κ3) is 3.94. The van der Waals surface area contributed by atoms with Gasteiger partial charge in [0, 0.05) is 5.56 Å². The molecule has 0 spiro atoms. The molecule has 7 nitrogen and oxygen atoms in total. The Balaban J connectivity index is 1.75. The molecule has 3 rings (SSSR count). The number of methoxy groups -OCH3 is 1. The van der Waals surface area contributed by atoms with E-state index < -0.39 is 11.6 Å². The first-order chi connectivity index (χ1) is 12.6. The van der Waals surface area contributed by atoms with E-state index in [1.165, 1.54) is 13.3 Å². The summed E-state index contributed by atoms with van der Waals surface area (Å²) in [6, 6.07) is 14.6. The number of hydrogen-bond donors (Lipinski definition) is 1. The largest absolute Gasteiger partial charge is 0.495 e. The highest BCUT2D eigenvalue weighted by Gasteiger charge is 2.11. The van der Waals surface area contributed by atoms with Crippen molar-refractivity contribution in [3.8, 4) is 17.0 Å². The molecule has 0 saturated heterocycles. The quantitative estimate of drug-likeness (QED) is 0.763. The fourth-order valence-corrected chi connectivity index (χ4v) is 2.41. The molecule has 0 atom stereocenters. The van der Waals surface area contributed by atoms with E-state index in [-0.39, 0.29) is 6.54 Å². The van der Waals surface area contributed by atoms with Crippen LogP contribution in [0.3, 0.4) is 0 Å². The Bertz CT molecular complexity index is 981. The molecular formula is C19H18N4O3. The SMILES string of the molecule is COc1ccccc1NC(=O)Cn1ncc(-c2ccc(C)cc2)nc1=O. The second-order valence-electron chi connectivity index (χ2n) is 5.70. The van der Waals surface area contributed by atoms with Crippen LogP contribution < -0.4 is 15.7 Å². The summed E-state index contributed by atoms with van der Waals surface area (Å²) in [5.41, 5.74) is 2.32. The standard InChI is InChI=1S/C19H18N4O3/c1-13-7-9-14(10-8-13)16-11-20-23(19(25)22-16)12-18(24)21-15-5-3-4-6-17(15)26-2/h3-11H,12H2,1-2H3,(H,21,24). The van der Waals surface area contributed by atoms with Crippen molar-refractivity contribution in [3.63, 3.8) is 0 Å². The minimum atomic E-state index is -0.585. The summed E-state index contributed by atoms with van der Waals surface area (Å²) in [5.74, 6) is 0.142. The topological polar surface area (TPSA) is 86.1 Å². The summed E-state index contributed by atoms with van der Waals surface area (Å²) in [7, 11) is 1.52. The first-order valence-electron chi connectivity index (χ1n) is 8.01. The number of carbonyl (C=O) groups excluding carboxylic acids is 1. The summed E-state index contributed by atoms with van der Waals surface area (Å²) < 4.78 is 6.20. The van der Waals surface area contributed by atoms with Crippen LogP contribution in [0.4, 0.5) is 5.69 Å². The molecule has 1 amide bonds. The van der Waals surface area contributed by atoms with Crippen molar-refractivity contribution in [2.24, 2.45) is 0 Å². The van der Waals surface area contributed by atoms with Crippen LogP contribution in [0.2, 0.25) is 0 Å². The van der Waals surface area contributed by atoms with Crippen LogP contribution >= 0.6 is 0 Å². The Labute approximate surface area is 150 Å². The molecule has 1 aromatic heterocycles. The number of benzene rings is 2. The van der Waals surface area contributed by atoms with Crippen molar-refractivity contribution in [2.75, 3.05) is 12.4 Å². The summed E-state index contributed by atoms with van der Waals surface area (Å²) >= 11 is 0. The maximum absolute atomic E-state index is 12.2. The van der Waals surface area contributed by atoms with Crippen LogP contribution in [0, 0.1) is 6.92 Å². The van der Waals surface area contributed by atoms with E-state index in [9.17, 15) is 9.59 Å². The predicted octanol–water partition coefficient (Wildman–Crippen LogP) is 2.26. The molecule has 2 aromatic carbocycles. The number of aryl methyl sites for hydroxylation is 1. The van der Waals surface area contributed by atoms with Crippen molar-refractivity contribution in [3.05, 3.63) is 70.8 Å². The molecule has 0 aliphatic rings. The second-order valence-corrected chi connectivity index (χ2v) is 5.70. The lowest BCUT2D eigenvalue weighted by atomic mass is 10.1. The molecule has 0 radical (unpaired) electrons. The lowest BCUT2D eigenvalue weighted by molar-refractivity contribution is -0.117. The summed E-state index contributed by atoms with van der Waals surface area (Å²) in [6.45, 7) is 1.74. The number of ether oxygens (including phenoxy) is 1. The van der Waals surface area contributed by atoms with Crippen LogP contribution in [0.1, 0.15) is 5.56 Å². The van der Waals surface area contributed by atoms with Crippen LogP contribution in [0.5, 0.6) is 5.75 Å². The van der Waals surface area contributed by atoms with Gasteiger partial charge in [0.05, 0.1) is 24.7 Å². The van der Waals surface area contributed by atoms with Gasteiger partial charge in [-0.05, 0) is 19.1 Å². The fourth-order valence-electron chi connectivity index (χ4n) is 2.41. The second kappa shape index (κ2) is 7.60. The van der Waals surface area contributed by atoms with Gasteiger partial charge < -0.3 is 10.1 Å². The zero-order valence-electron chi connectivity index (χ0n) is 14.5. The summed E-state index contributed by atoms with van der Waals surface area (Å²) in [4.78, 5) is 28.4. The number of anilines is 1. The maximum Gasteiger partial charge on any atom is 0.365 e. The van der Waals surface area contributed by atoms with E-state index in [4.69, 9.17) is 4.74 Å². The molecule has 1 heterocycles. The Morgan fingerprint density at radius 3 is 2.58 bits per heavy atom. The molecule has 0 aliphatic heterocycles. The van der Waals surface area contributed by atoms with Gasteiger partial charge in [0.15, 0.2) is 0 Å². The lowest BCUT2D eigenvalue weighted by Crippen LogP contribution is -2.31. The van der Waals surface area contributed by atoms with Gasteiger partial charge in [-0.15, -0.1) is 0 Å². The van der Waals surface area contributed by atoms with Crippen LogP contribution in [0.15, 0.2) is 59.5 Å². The minimum Gasteiger partial charge on any atom is -0.495 e. The third-order valence-corrected chi connectivity index (χ3v) is 3.78. The van der Waals surface area contributed by atoms with Crippen LogP contribution in [-0.4, -0.2) is 27.8 Å². The number of amides is 1. The highest BCUT2D eigenvalue weighted by Crippen LogP contribution is 2.22. The molecule has 7 heteroatoms. The minimum absolute atomic E-state index is 0.238. The summed E-state index contributed by atoms with van der Waals surface area (Å²) in [6.07, 6.45) is 1.47. The maximum atomic E-state index is 12.2. The molecule has 0 unspecified atom stereocenters. The van der Waals surface area contributed by atoms with Crippen molar-refractivity contribution < 1.29 is 9.53 Å². The molecule has 132 valence electrons. The molecule has 3 aromatic rings. The van der Waals surface area contributed by atoms with Crippen molar-refractivity contribution in [2.45, 2.75) is 13.5 Å². The zero-order valence-corrected chi connectivity index (χ0v) is 14.5. The van der Waals surface area contributed by atoms with Crippen molar-refractivity contribution >= 4 is 11.6 Å². The fraction of sp³-hybridized carbons (Fsp3) is 0.158. The van der Waals surface area contributed by atoms with Crippen molar-refractivity contribution in [1.82, 2.24) is 14.8 Å². The number of hydrogen-bond acceptors (Lipinski definition) is 5. The number of aromatic nitrogens is 3. The van der Waals surface area contributed by atoms with E-state index >= 15 is 0 Å². The first kappa shape index (κ1) is 17.3. The Kier molecular flexibility index (Phi) is 5.07. The van der Waals surface area contributed by atoms with E-state index in [1.54, 1.807) is 24.3 Å². The van der Waals surface area contributed by atoms with Crippen molar-refractivity contribution in [1.29, 1.82) is 0 Å². The summed E-state index contributed by atoms with van der Waals surface area (Å²) in [5, 5.41) is 6.75. The highest BCUT2D eigenvalue weighted by atomic mass is 16.5. The van der Waals surface area contributed by atoms with Gasteiger partial charge in [-0.2, -0.15) is 10.1 Å². The molecule has 26 heavy (non-hydrogen) atoms.